The van der Waals surface area contributed by atoms with E-state index in [0.29, 0.717) is 0 Å². The number of rotatable bonds is 2. The fraction of sp³-hybridized carbons (Fsp3) is 0.474. The molecule has 116 valence electrons. The second-order valence-electron chi connectivity index (χ2n) is 7.60. The standard InChI is InChI=1S/C19H23BrN2/c1-18(2)6-7-19(3,4)15-12-16(20)13(10-14(15)18)11-17-21-8-5-9-22-17/h5,8-10,12H,6-7,11H2,1-4H3. The molecule has 0 saturated heterocycles. The highest BCUT2D eigenvalue weighted by molar-refractivity contribution is 9.10. The summed E-state index contributed by atoms with van der Waals surface area (Å²) >= 11 is 3.77. The second kappa shape index (κ2) is 5.45. The van der Waals surface area contributed by atoms with Crippen molar-refractivity contribution in [2.45, 2.75) is 57.8 Å². The van der Waals surface area contributed by atoms with Gasteiger partial charge in [-0.1, -0.05) is 49.7 Å². The molecule has 0 fully saturated rings. The Hall–Kier alpha value is -1.22. The Labute approximate surface area is 141 Å². The van der Waals surface area contributed by atoms with Crippen LogP contribution in [0.1, 0.15) is 63.1 Å². The van der Waals surface area contributed by atoms with Crippen molar-refractivity contribution >= 4 is 15.9 Å². The predicted octanol–water partition coefficient (Wildman–Crippen LogP) is 5.18. The van der Waals surface area contributed by atoms with Gasteiger partial charge in [-0.2, -0.15) is 0 Å². The fourth-order valence-corrected chi connectivity index (χ4v) is 3.84. The Morgan fingerprint density at radius 2 is 1.50 bits per heavy atom. The summed E-state index contributed by atoms with van der Waals surface area (Å²) in [5.41, 5.74) is 4.72. The first-order chi connectivity index (χ1) is 10.3. The zero-order valence-corrected chi connectivity index (χ0v) is 15.4. The van der Waals surface area contributed by atoms with Crippen LogP contribution in [0.4, 0.5) is 0 Å². The number of aromatic nitrogens is 2. The second-order valence-corrected chi connectivity index (χ2v) is 8.45. The Kier molecular flexibility index (Phi) is 3.88. The van der Waals surface area contributed by atoms with Gasteiger partial charge in [0.2, 0.25) is 0 Å². The van der Waals surface area contributed by atoms with Gasteiger partial charge < -0.3 is 0 Å². The molecule has 1 aromatic heterocycles. The molecule has 1 aliphatic rings. The van der Waals surface area contributed by atoms with Crippen LogP contribution in [-0.2, 0) is 17.3 Å². The molecular weight excluding hydrogens is 336 g/mol. The van der Waals surface area contributed by atoms with E-state index < -0.39 is 0 Å². The maximum Gasteiger partial charge on any atom is 0.132 e. The van der Waals surface area contributed by atoms with Crippen LogP contribution in [-0.4, -0.2) is 9.97 Å². The molecule has 0 radical (unpaired) electrons. The van der Waals surface area contributed by atoms with Gasteiger partial charge in [0.1, 0.15) is 5.82 Å². The molecule has 0 bridgehead atoms. The first kappa shape index (κ1) is 15.7. The molecule has 0 atom stereocenters. The summed E-state index contributed by atoms with van der Waals surface area (Å²) in [6.07, 6.45) is 6.85. The van der Waals surface area contributed by atoms with Crippen molar-refractivity contribution in [1.82, 2.24) is 9.97 Å². The largest absolute Gasteiger partial charge is 0.241 e. The molecule has 2 aromatic rings. The van der Waals surface area contributed by atoms with Crippen LogP contribution in [0.15, 0.2) is 35.1 Å². The summed E-state index contributed by atoms with van der Waals surface area (Å²) in [5.74, 6) is 0.871. The van der Waals surface area contributed by atoms with Crippen LogP contribution in [0.3, 0.4) is 0 Å². The van der Waals surface area contributed by atoms with E-state index in [4.69, 9.17) is 0 Å². The lowest BCUT2D eigenvalue weighted by molar-refractivity contribution is 0.331. The number of fused-ring (bicyclic) bond motifs is 1. The summed E-state index contributed by atoms with van der Waals surface area (Å²) in [5, 5.41) is 0. The maximum atomic E-state index is 4.36. The minimum Gasteiger partial charge on any atom is -0.241 e. The number of halogens is 1. The van der Waals surface area contributed by atoms with Crippen molar-refractivity contribution in [2.24, 2.45) is 0 Å². The van der Waals surface area contributed by atoms with Gasteiger partial charge in [0.15, 0.2) is 0 Å². The first-order valence-corrected chi connectivity index (χ1v) is 8.68. The van der Waals surface area contributed by atoms with Crippen LogP contribution in [0, 0.1) is 0 Å². The van der Waals surface area contributed by atoms with Gasteiger partial charge in [-0.25, -0.2) is 9.97 Å². The van der Waals surface area contributed by atoms with Crippen molar-refractivity contribution in [2.75, 3.05) is 0 Å². The molecule has 2 nitrogen and oxygen atoms in total. The van der Waals surface area contributed by atoms with E-state index in [1.165, 1.54) is 34.0 Å². The zero-order valence-electron chi connectivity index (χ0n) is 13.8. The summed E-state index contributed by atoms with van der Waals surface area (Å²) in [7, 11) is 0. The van der Waals surface area contributed by atoms with Gasteiger partial charge in [-0.05, 0) is 52.5 Å². The first-order valence-electron chi connectivity index (χ1n) is 7.89. The van der Waals surface area contributed by atoms with Crippen molar-refractivity contribution in [3.8, 4) is 0 Å². The molecule has 1 aromatic carbocycles. The zero-order chi connectivity index (χ0) is 16.0. The van der Waals surface area contributed by atoms with E-state index in [9.17, 15) is 0 Å². The third kappa shape index (κ3) is 2.83. The minimum absolute atomic E-state index is 0.234. The Bertz CT molecular complexity index is 690. The topological polar surface area (TPSA) is 25.8 Å². The molecule has 0 N–H and O–H groups in total. The average molecular weight is 359 g/mol. The number of nitrogens with zero attached hydrogens (tertiary/aromatic N) is 2. The van der Waals surface area contributed by atoms with Gasteiger partial charge >= 0.3 is 0 Å². The molecular formula is C19H23BrN2. The smallest absolute Gasteiger partial charge is 0.132 e. The highest BCUT2D eigenvalue weighted by atomic mass is 79.9. The average Bonchev–Trinajstić information content (AvgIpc) is 2.47. The van der Waals surface area contributed by atoms with Crippen LogP contribution >= 0.6 is 15.9 Å². The van der Waals surface area contributed by atoms with E-state index in [0.717, 1.165) is 12.2 Å². The molecule has 3 heteroatoms. The molecule has 0 unspecified atom stereocenters. The van der Waals surface area contributed by atoms with Crippen LogP contribution in [0.25, 0.3) is 0 Å². The van der Waals surface area contributed by atoms with Crippen molar-refractivity contribution in [3.05, 3.63) is 57.6 Å². The Morgan fingerprint density at radius 1 is 0.955 bits per heavy atom. The minimum atomic E-state index is 0.234. The van der Waals surface area contributed by atoms with Crippen LogP contribution in [0.2, 0.25) is 0 Å². The Balaban J connectivity index is 2.08. The summed E-state index contributed by atoms with van der Waals surface area (Å²) < 4.78 is 1.17. The third-order valence-corrected chi connectivity index (χ3v) is 5.73. The van der Waals surface area contributed by atoms with Crippen LogP contribution < -0.4 is 0 Å². The lowest BCUT2D eigenvalue weighted by Gasteiger charge is -2.42. The molecule has 1 heterocycles. The van der Waals surface area contributed by atoms with E-state index in [2.05, 4.69) is 65.7 Å². The van der Waals surface area contributed by atoms with Crippen molar-refractivity contribution < 1.29 is 0 Å². The normalized spacial score (nSPS) is 18.8. The molecule has 22 heavy (non-hydrogen) atoms. The summed E-state index contributed by atoms with van der Waals surface area (Å²) in [4.78, 5) is 8.72. The lowest BCUT2D eigenvalue weighted by atomic mass is 9.63. The van der Waals surface area contributed by atoms with Gasteiger partial charge in [-0.15, -0.1) is 0 Å². The SMILES string of the molecule is CC1(C)CCC(C)(C)c2cc(Cc3ncccn3)c(Br)cc21. The predicted molar refractivity (Wildman–Crippen MR) is 94.3 cm³/mol. The highest BCUT2D eigenvalue weighted by Crippen LogP contribution is 2.47. The maximum absolute atomic E-state index is 4.36. The van der Waals surface area contributed by atoms with E-state index in [-0.39, 0.29) is 10.8 Å². The molecule has 0 amide bonds. The van der Waals surface area contributed by atoms with E-state index in [1.807, 2.05) is 18.5 Å². The molecule has 0 spiro atoms. The third-order valence-electron chi connectivity index (χ3n) is 4.99. The molecule has 0 saturated carbocycles. The molecule has 3 rings (SSSR count). The van der Waals surface area contributed by atoms with Gasteiger partial charge in [0, 0.05) is 23.3 Å². The molecule has 1 aliphatic carbocycles. The monoisotopic (exact) mass is 358 g/mol. The van der Waals surface area contributed by atoms with Gasteiger partial charge in [0.25, 0.3) is 0 Å². The fourth-order valence-electron chi connectivity index (χ4n) is 3.36. The van der Waals surface area contributed by atoms with Crippen molar-refractivity contribution in [3.63, 3.8) is 0 Å². The molecule has 0 aliphatic heterocycles. The highest BCUT2D eigenvalue weighted by Gasteiger charge is 2.37. The number of hydrogen-bond donors (Lipinski definition) is 0. The Morgan fingerprint density at radius 3 is 2.09 bits per heavy atom. The number of hydrogen-bond acceptors (Lipinski definition) is 2. The van der Waals surface area contributed by atoms with Gasteiger partial charge in [0.05, 0.1) is 0 Å². The van der Waals surface area contributed by atoms with E-state index in [1.54, 1.807) is 0 Å². The van der Waals surface area contributed by atoms with E-state index >= 15 is 0 Å². The van der Waals surface area contributed by atoms with Crippen LogP contribution in [0.5, 0.6) is 0 Å². The van der Waals surface area contributed by atoms with Crippen molar-refractivity contribution in [1.29, 1.82) is 0 Å². The number of benzene rings is 1. The van der Waals surface area contributed by atoms with Gasteiger partial charge in [-0.3, -0.25) is 0 Å². The quantitative estimate of drug-likeness (QED) is 0.738. The lowest BCUT2D eigenvalue weighted by Crippen LogP contribution is -2.34. The summed E-state index contributed by atoms with van der Waals surface area (Å²) in [6, 6.07) is 6.56. The summed E-state index contributed by atoms with van der Waals surface area (Å²) in [6.45, 7) is 9.43.